The van der Waals surface area contributed by atoms with Crippen molar-refractivity contribution in [2.75, 3.05) is 0 Å². The van der Waals surface area contributed by atoms with Gasteiger partial charge in [0.05, 0.1) is 0 Å². The van der Waals surface area contributed by atoms with Crippen LogP contribution in [0.15, 0.2) is 18.3 Å². The summed E-state index contributed by atoms with van der Waals surface area (Å²) in [6.07, 6.45) is -1.35. The molecule has 0 spiro atoms. The normalized spacial score (nSPS) is 10.7. The average molecular weight is 269 g/mol. The van der Waals surface area contributed by atoms with Gasteiger partial charge in [-0.15, -0.1) is 0 Å². The van der Waals surface area contributed by atoms with E-state index < -0.39 is 12.1 Å². The lowest BCUT2D eigenvalue weighted by atomic mass is 10.3. The summed E-state index contributed by atoms with van der Waals surface area (Å²) in [5.74, 6) is 0.295. The molecule has 0 saturated carbocycles. The van der Waals surface area contributed by atoms with E-state index in [1.807, 2.05) is 6.92 Å². The molecule has 0 radical (unpaired) electrons. The van der Waals surface area contributed by atoms with E-state index in [2.05, 4.69) is 10.1 Å². The monoisotopic (exact) mass is 268 g/mol. The van der Waals surface area contributed by atoms with E-state index in [0.717, 1.165) is 10.2 Å². The van der Waals surface area contributed by atoms with Gasteiger partial charge in [-0.2, -0.15) is 10.4 Å². The van der Waals surface area contributed by atoms with Gasteiger partial charge in [0.1, 0.15) is 17.3 Å². The fraction of sp³-hybridized carbons (Fsp3) is 0.182. The van der Waals surface area contributed by atoms with Crippen molar-refractivity contribution in [2.24, 2.45) is 0 Å². The number of alkyl halides is 2. The Kier molecular flexibility index (Phi) is 3.26. The quantitative estimate of drug-likeness (QED) is 0.841. The summed E-state index contributed by atoms with van der Waals surface area (Å²) in [5, 5.41) is 12.3. The van der Waals surface area contributed by atoms with Crippen LogP contribution in [0.2, 0.25) is 5.15 Å². The summed E-state index contributed by atoms with van der Waals surface area (Å²) in [6, 6.07) is 5.01. The Balaban J connectivity index is 2.63. The van der Waals surface area contributed by atoms with Crippen LogP contribution in [0, 0.1) is 18.3 Å². The van der Waals surface area contributed by atoms with Crippen molar-refractivity contribution in [3.05, 3.63) is 40.3 Å². The lowest BCUT2D eigenvalue weighted by Crippen LogP contribution is -2.00. The Hall–Kier alpha value is -2.00. The molecule has 0 saturated heterocycles. The molecule has 92 valence electrons. The van der Waals surface area contributed by atoms with Crippen molar-refractivity contribution < 1.29 is 8.78 Å². The Morgan fingerprint density at radius 3 is 2.72 bits per heavy atom. The molecule has 0 fully saturated rings. The predicted octanol–water partition coefficient (Wildman–Crippen LogP) is 3.04. The van der Waals surface area contributed by atoms with Crippen LogP contribution in [-0.2, 0) is 0 Å². The van der Waals surface area contributed by atoms with E-state index in [-0.39, 0.29) is 10.7 Å². The number of pyridine rings is 1. The van der Waals surface area contributed by atoms with Gasteiger partial charge in [-0.1, -0.05) is 11.6 Å². The minimum absolute atomic E-state index is 0.161. The van der Waals surface area contributed by atoms with Gasteiger partial charge in [0, 0.05) is 6.20 Å². The molecule has 0 aliphatic heterocycles. The smallest absolute Gasteiger partial charge is 0.237 e. The zero-order valence-corrected chi connectivity index (χ0v) is 9.99. The van der Waals surface area contributed by atoms with E-state index >= 15 is 0 Å². The maximum atomic E-state index is 12.7. The third kappa shape index (κ3) is 2.05. The summed E-state index contributed by atoms with van der Waals surface area (Å²) < 4.78 is 26.4. The summed E-state index contributed by atoms with van der Waals surface area (Å²) in [4.78, 5) is 3.98. The highest BCUT2D eigenvalue weighted by Gasteiger charge is 2.24. The number of rotatable bonds is 2. The maximum Gasteiger partial charge on any atom is 0.283 e. The first-order valence-corrected chi connectivity index (χ1v) is 5.32. The lowest BCUT2D eigenvalue weighted by Gasteiger charge is -2.02. The van der Waals surface area contributed by atoms with Crippen molar-refractivity contribution in [1.29, 1.82) is 5.26 Å². The molecule has 4 nitrogen and oxygen atoms in total. The van der Waals surface area contributed by atoms with Crippen molar-refractivity contribution in [2.45, 2.75) is 13.3 Å². The zero-order chi connectivity index (χ0) is 13.3. The van der Waals surface area contributed by atoms with Crippen molar-refractivity contribution >= 4 is 11.6 Å². The second kappa shape index (κ2) is 4.70. The first kappa shape index (κ1) is 12.5. The van der Waals surface area contributed by atoms with Gasteiger partial charge in [-0.3, -0.25) is 0 Å². The molecule has 0 aliphatic carbocycles. The molecule has 7 heteroatoms. The van der Waals surface area contributed by atoms with Gasteiger partial charge in [0.2, 0.25) is 0 Å². The molecule has 0 aromatic carbocycles. The van der Waals surface area contributed by atoms with Gasteiger partial charge < -0.3 is 0 Å². The Bertz CT molecular complexity index is 630. The van der Waals surface area contributed by atoms with Gasteiger partial charge in [-0.05, 0) is 24.6 Å². The van der Waals surface area contributed by atoms with E-state index in [9.17, 15) is 8.78 Å². The highest BCUT2D eigenvalue weighted by molar-refractivity contribution is 6.31. The van der Waals surface area contributed by atoms with E-state index in [0.29, 0.717) is 5.82 Å². The van der Waals surface area contributed by atoms with Crippen molar-refractivity contribution in [1.82, 2.24) is 14.8 Å². The van der Waals surface area contributed by atoms with Crippen LogP contribution in [0.5, 0.6) is 0 Å². The molecule has 0 amide bonds. The first-order chi connectivity index (χ1) is 8.54. The van der Waals surface area contributed by atoms with Crippen molar-refractivity contribution in [3.63, 3.8) is 0 Å². The highest BCUT2D eigenvalue weighted by Crippen LogP contribution is 2.28. The molecular weight excluding hydrogens is 262 g/mol. The van der Waals surface area contributed by atoms with Gasteiger partial charge in [0.15, 0.2) is 11.0 Å². The number of hydrogen-bond acceptors (Lipinski definition) is 3. The molecule has 0 aliphatic rings. The standard InChI is InChI=1S/C11H7ClF2N4/c1-6-2-3-16-8(4-6)18-10(12)7(5-15)9(17-18)11(13)14/h2-4,11H,1H3. The van der Waals surface area contributed by atoms with Crippen LogP contribution >= 0.6 is 11.6 Å². The first-order valence-electron chi connectivity index (χ1n) is 4.94. The molecule has 0 unspecified atom stereocenters. The Morgan fingerprint density at radius 1 is 1.50 bits per heavy atom. The topological polar surface area (TPSA) is 54.5 Å². The number of hydrogen-bond donors (Lipinski definition) is 0. The van der Waals surface area contributed by atoms with Gasteiger partial charge in [0.25, 0.3) is 6.43 Å². The zero-order valence-electron chi connectivity index (χ0n) is 9.23. The minimum atomic E-state index is -2.86. The average Bonchev–Trinajstić information content (AvgIpc) is 2.66. The molecule has 2 rings (SSSR count). The Labute approximate surface area is 106 Å². The van der Waals surface area contributed by atoms with Gasteiger partial charge >= 0.3 is 0 Å². The van der Waals surface area contributed by atoms with Crippen LogP contribution < -0.4 is 0 Å². The summed E-state index contributed by atoms with van der Waals surface area (Å²) in [6.45, 7) is 1.82. The summed E-state index contributed by atoms with van der Waals surface area (Å²) in [7, 11) is 0. The largest absolute Gasteiger partial charge is 0.283 e. The fourth-order valence-corrected chi connectivity index (χ4v) is 1.72. The number of halogens is 3. The molecule has 0 atom stereocenters. The molecular formula is C11H7ClF2N4. The second-order valence-electron chi connectivity index (χ2n) is 3.57. The predicted molar refractivity (Wildman–Crippen MR) is 60.8 cm³/mol. The van der Waals surface area contributed by atoms with Crippen LogP contribution in [0.25, 0.3) is 5.82 Å². The third-order valence-electron chi connectivity index (χ3n) is 2.29. The molecule has 2 aromatic rings. The molecule has 2 heterocycles. The van der Waals surface area contributed by atoms with Crippen LogP contribution in [-0.4, -0.2) is 14.8 Å². The molecule has 2 aromatic heterocycles. The number of nitrogens with zero attached hydrogens (tertiary/aromatic N) is 4. The number of aromatic nitrogens is 3. The molecule has 0 N–H and O–H groups in total. The van der Waals surface area contributed by atoms with Crippen LogP contribution in [0.1, 0.15) is 23.2 Å². The second-order valence-corrected chi connectivity index (χ2v) is 3.92. The van der Waals surface area contributed by atoms with Crippen LogP contribution in [0.3, 0.4) is 0 Å². The van der Waals surface area contributed by atoms with E-state index in [4.69, 9.17) is 16.9 Å². The minimum Gasteiger partial charge on any atom is -0.237 e. The van der Waals surface area contributed by atoms with E-state index in [1.54, 1.807) is 18.2 Å². The SMILES string of the molecule is Cc1ccnc(-n2nc(C(F)F)c(C#N)c2Cl)c1. The van der Waals surface area contributed by atoms with Crippen molar-refractivity contribution in [3.8, 4) is 11.9 Å². The summed E-state index contributed by atoms with van der Waals surface area (Å²) in [5.41, 5.74) is -0.0792. The number of aryl methyl sites for hydroxylation is 1. The fourth-order valence-electron chi connectivity index (χ4n) is 1.46. The Morgan fingerprint density at radius 2 is 2.22 bits per heavy atom. The van der Waals surface area contributed by atoms with E-state index in [1.165, 1.54) is 6.20 Å². The number of nitriles is 1. The summed E-state index contributed by atoms with van der Waals surface area (Å²) >= 11 is 5.87. The maximum absolute atomic E-state index is 12.7. The molecule has 0 bridgehead atoms. The van der Waals surface area contributed by atoms with Crippen LogP contribution in [0.4, 0.5) is 8.78 Å². The lowest BCUT2D eigenvalue weighted by molar-refractivity contribution is 0.145. The van der Waals surface area contributed by atoms with Gasteiger partial charge in [-0.25, -0.2) is 18.4 Å². The molecule has 18 heavy (non-hydrogen) atoms. The third-order valence-corrected chi connectivity index (χ3v) is 2.64. The highest BCUT2D eigenvalue weighted by atomic mass is 35.5.